The molecule has 0 N–H and O–H groups in total. The van der Waals surface area contributed by atoms with Crippen molar-refractivity contribution >= 4 is 22.4 Å². The van der Waals surface area contributed by atoms with Crippen LogP contribution in [0.15, 0.2) is 42.5 Å². The van der Waals surface area contributed by atoms with Gasteiger partial charge in [-0.2, -0.15) is 0 Å². The number of rotatable bonds is 4. The Bertz CT molecular complexity index is 613. The Morgan fingerprint density at radius 2 is 1.79 bits per heavy atom. The van der Waals surface area contributed by atoms with Gasteiger partial charge in [0.05, 0.1) is 5.75 Å². The van der Waals surface area contributed by atoms with Gasteiger partial charge in [-0.05, 0) is 35.7 Å². The summed E-state index contributed by atoms with van der Waals surface area (Å²) in [6.07, 6.45) is 0. The topological polar surface area (TPSA) is 17.1 Å². The average molecular weight is 297 g/mol. The van der Waals surface area contributed by atoms with Crippen molar-refractivity contribution in [3.05, 3.63) is 70.0 Å². The van der Waals surface area contributed by atoms with E-state index in [0.717, 1.165) is 16.7 Å². The van der Waals surface area contributed by atoms with Crippen molar-refractivity contribution in [1.29, 1.82) is 0 Å². The Morgan fingerprint density at radius 1 is 1.11 bits per heavy atom. The summed E-state index contributed by atoms with van der Waals surface area (Å²) in [6, 6.07) is 12.0. The summed E-state index contributed by atoms with van der Waals surface area (Å²) in [7, 11) is -1.06. The molecule has 0 saturated heterocycles. The minimum Gasteiger partial charge on any atom is -0.259 e. The SMILES string of the molecule is Cc1ccccc1C[S@@](=O)Cc1ccc(F)cc1Cl. The largest absolute Gasteiger partial charge is 0.259 e. The van der Waals surface area contributed by atoms with Crippen LogP contribution in [-0.4, -0.2) is 4.21 Å². The first kappa shape index (κ1) is 14.2. The van der Waals surface area contributed by atoms with Crippen LogP contribution >= 0.6 is 11.6 Å². The van der Waals surface area contributed by atoms with E-state index in [9.17, 15) is 8.60 Å². The second-order valence-electron chi connectivity index (χ2n) is 4.39. The third-order valence-electron chi connectivity index (χ3n) is 2.91. The predicted octanol–water partition coefficient (Wildman–Crippen LogP) is 4.24. The molecule has 1 atom stereocenters. The maximum Gasteiger partial charge on any atom is 0.124 e. The summed E-state index contributed by atoms with van der Waals surface area (Å²) in [6.45, 7) is 2.00. The van der Waals surface area contributed by atoms with Gasteiger partial charge in [0, 0.05) is 21.6 Å². The van der Waals surface area contributed by atoms with Gasteiger partial charge >= 0.3 is 0 Å². The molecule has 0 aliphatic carbocycles. The zero-order valence-corrected chi connectivity index (χ0v) is 12.1. The molecule has 0 aliphatic rings. The van der Waals surface area contributed by atoms with Crippen molar-refractivity contribution in [2.45, 2.75) is 18.4 Å². The summed E-state index contributed by atoms with van der Waals surface area (Å²) in [4.78, 5) is 0. The van der Waals surface area contributed by atoms with E-state index in [1.54, 1.807) is 6.07 Å². The van der Waals surface area contributed by atoms with Gasteiger partial charge in [-0.15, -0.1) is 0 Å². The first-order valence-electron chi connectivity index (χ1n) is 5.89. The lowest BCUT2D eigenvalue weighted by molar-refractivity contribution is 0.627. The van der Waals surface area contributed by atoms with Crippen LogP contribution < -0.4 is 0 Å². The molecule has 0 fully saturated rings. The standard InChI is InChI=1S/C15H14ClFOS/c1-11-4-2-3-5-12(11)9-19(18)10-13-6-7-14(17)8-15(13)16/h2-8H,9-10H2,1H3/t19-/m1/s1. The second-order valence-corrected chi connectivity index (χ2v) is 6.25. The van der Waals surface area contributed by atoms with E-state index in [2.05, 4.69) is 0 Å². The monoisotopic (exact) mass is 296 g/mol. The Balaban J connectivity index is 2.08. The molecule has 0 heterocycles. The van der Waals surface area contributed by atoms with Crippen molar-refractivity contribution in [3.63, 3.8) is 0 Å². The predicted molar refractivity (Wildman–Crippen MR) is 78.1 cm³/mol. The van der Waals surface area contributed by atoms with E-state index in [1.807, 2.05) is 31.2 Å². The lowest BCUT2D eigenvalue weighted by atomic mass is 10.1. The van der Waals surface area contributed by atoms with Gasteiger partial charge in [-0.25, -0.2) is 4.39 Å². The number of hydrogen-bond acceptors (Lipinski definition) is 1. The van der Waals surface area contributed by atoms with Gasteiger partial charge in [0.25, 0.3) is 0 Å². The fraction of sp³-hybridized carbons (Fsp3) is 0.200. The molecule has 2 aromatic rings. The molecule has 0 bridgehead atoms. The molecule has 19 heavy (non-hydrogen) atoms. The maximum absolute atomic E-state index is 12.9. The van der Waals surface area contributed by atoms with Gasteiger partial charge in [0.15, 0.2) is 0 Å². The van der Waals surface area contributed by atoms with Crippen molar-refractivity contribution in [2.75, 3.05) is 0 Å². The molecular formula is C15H14ClFOS. The third-order valence-corrected chi connectivity index (χ3v) is 4.53. The molecule has 0 aliphatic heterocycles. The van der Waals surface area contributed by atoms with E-state index in [-0.39, 0.29) is 5.82 Å². The van der Waals surface area contributed by atoms with Crippen LogP contribution in [0.3, 0.4) is 0 Å². The second kappa shape index (κ2) is 6.31. The van der Waals surface area contributed by atoms with E-state index in [4.69, 9.17) is 11.6 Å². The van der Waals surface area contributed by atoms with Gasteiger partial charge in [-0.3, -0.25) is 4.21 Å². The van der Waals surface area contributed by atoms with Crippen molar-refractivity contribution in [1.82, 2.24) is 0 Å². The van der Waals surface area contributed by atoms with E-state index in [1.165, 1.54) is 12.1 Å². The number of aryl methyl sites for hydroxylation is 1. The first-order chi connectivity index (χ1) is 9.06. The Kier molecular flexibility index (Phi) is 4.72. The fourth-order valence-corrected chi connectivity index (χ4v) is 3.49. The number of halogens is 2. The molecule has 0 unspecified atom stereocenters. The summed E-state index contributed by atoms with van der Waals surface area (Å²) >= 11 is 5.93. The minimum absolute atomic E-state index is 0.332. The van der Waals surface area contributed by atoms with E-state index in [0.29, 0.717) is 16.5 Å². The molecule has 0 amide bonds. The van der Waals surface area contributed by atoms with Crippen molar-refractivity contribution in [2.24, 2.45) is 0 Å². The molecule has 4 heteroatoms. The minimum atomic E-state index is -1.06. The van der Waals surface area contributed by atoms with Crippen LogP contribution in [0, 0.1) is 12.7 Å². The highest BCUT2D eigenvalue weighted by molar-refractivity contribution is 7.83. The molecule has 0 radical (unpaired) electrons. The van der Waals surface area contributed by atoms with Gasteiger partial charge in [0.2, 0.25) is 0 Å². The zero-order chi connectivity index (χ0) is 13.8. The molecule has 1 nitrogen and oxygen atoms in total. The summed E-state index contributed by atoms with van der Waals surface area (Å²) in [5.41, 5.74) is 2.91. The van der Waals surface area contributed by atoms with E-state index >= 15 is 0 Å². The quantitative estimate of drug-likeness (QED) is 0.825. The highest BCUT2D eigenvalue weighted by atomic mass is 35.5. The van der Waals surface area contributed by atoms with Crippen LogP contribution in [0.2, 0.25) is 5.02 Å². The lowest BCUT2D eigenvalue weighted by Gasteiger charge is -2.07. The van der Waals surface area contributed by atoms with Gasteiger partial charge < -0.3 is 0 Å². The highest BCUT2D eigenvalue weighted by Crippen LogP contribution is 2.20. The number of hydrogen-bond donors (Lipinski definition) is 0. The Hall–Kier alpha value is -1.19. The van der Waals surface area contributed by atoms with Gasteiger partial charge in [0.1, 0.15) is 5.82 Å². The first-order valence-corrected chi connectivity index (χ1v) is 7.76. The van der Waals surface area contributed by atoms with Crippen LogP contribution in [0.5, 0.6) is 0 Å². The van der Waals surface area contributed by atoms with Crippen molar-refractivity contribution in [3.8, 4) is 0 Å². The Morgan fingerprint density at radius 3 is 2.47 bits per heavy atom. The number of benzene rings is 2. The van der Waals surface area contributed by atoms with Crippen molar-refractivity contribution < 1.29 is 8.60 Å². The summed E-state index contributed by atoms with van der Waals surface area (Å²) in [5, 5.41) is 0.332. The molecule has 0 aromatic heterocycles. The molecule has 0 saturated carbocycles. The summed E-state index contributed by atoms with van der Waals surface area (Å²) < 4.78 is 25.1. The normalized spacial score (nSPS) is 12.4. The molecule has 2 rings (SSSR count). The van der Waals surface area contributed by atoms with Crippen LogP contribution in [0.1, 0.15) is 16.7 Å². The van der Waals surface area contributed by atoms with Crippen LogP contribution in [0.25, 0.3) is 0 Å². The highest BCUT2D eigenvalue weighted by Gasteiger charge is 2.08. The molecule has 0 spiro atoms. The van der Waals surface area contributed by atoms with Gasteiger partial charge in [-0.1, -0.05) is 41.9 Å². The lowest BCUT2D eigenvalue weighted by Crippen LogP contribution is -2.01. The summed E-state index contributed by atoms with van der Waals surface area (Å²) in [5.74, 6) is 0.451. The maximum atomic E-state index is 12.9. The Labute approximate surface area is 119 Å². The third kappa shape index (κ3) is 3.88. The fourth-order valence-electron chi connectivity index (χ4n) is 1.81. The zero-order valence-electron chi connectivity index (χ0n) is 10.5. The molecule has 100 valence electrons. The van der Waals surface area contributed by atoms with Crippen LogP contribution in [0.4, 0.5) is 4.39 Å². The van der Waals surface area contributed by atoms with Crippen LogP contribution in [-0.2, 0) is 22.3 Å². The average Bonchev–Trinajstić information content (AvgIpc) is 2.36. The van der Waals surface area contributed by atoms with E-state index < -0.39 is 10.8 Å². The molecular weight excluding hydrogens is 283 g/mol. The molecule has 2 aromatic carbocycles. The smallest absolute Gasteiger partial charge is 0.124 e.